The highest BCUT2D eigenvalue weighted by Crippen LogP contribution is 2.37. The first-order valence-corrected chi connectivity index (χ1v) is 11.9. The quantitative estimate of drug-likeness (QED) is 0.391. The van der Waals surface area contributed by atoms with E-state index in [1.165, 1.54) is 13.8 Å². The highest BCUT2D eigenvalue weighted by atomic mass is 32.2. The van der Waals surface area contributed by atoms with Gasteiger partial charge >= 0.3 is 18.2 Å². The molecule has 1 aliphatic rings. The summed E-state index contributed by atoms with van der Waals surface area (Å²) in [6, 6.07) is -4.22. The van der Waals surface area contributed by atoms with Gasteiger partial charge in [0.15, 0.2) is 5.78 Å². The van der Waals surface area contributed by atoms with Gasteiger partial charge in [-0.1, -0.05) is 27.7 Å². The second-order valence-electron chi connectivity index (χ2n) is 9.87. The summed E-state index contributed by atoms with van der Waals surface area (Å²) in [5.41, 5.74) is -0.800. The summed E-state index contributed by atoms with van der Waals surface area (Å²) >= 11 is 1.000. The van der Waals surface area contributed by atoms with Crippen LogP contribution in [0.2, 0.25) is 0 Å². The van der Waals surface area contributed by atoms with Crippen molar-refractivity contribution in [1.29, 1.82) is 0 Å². The van der Waals surface area contributed by atoms with Gasteiger partial charge in [0.05, 0.1) is 18.1 Å². The molecular formula is C21H32F5N3O5S. The number of thioether (sulfide) groups is 1. The molecule has 4 atom stereocenters. The van der Waals surface area contributed by atoms with E-state index in [1.54, 1.807) is 34.6 Å². The SMILES string of the molecule is CC(C)C(NC(=O)C1CSC(C(=O)[C@H](NC(=O)OC(C)(C)C)C(C)C)N1)C(=O)C(F)(F)C(F)(F)F. The van der Waals surface area contributed by atoms with Crippen LogP contribution < -0.4 is 16.0 Å². The van der Waals surface area contributed by atoms with Gasteiger partial charge in [0.2, 0.25) is 11.7 Å². The topological polar surface area (TPSA) is 114 Å². The molecule has 0 saturated carbocycles. The van der Waals surface area contributed by atoms with Crippen molar-refractivity contribution in [2.45, 2.75) is 89.7 Å². The molecule has 0 spiro atoms. The Hall–Kier alpha value is -1.96. The summed E-state index contributed by atoms with van der Waals surface area (Å²) in [6.07, 6.45) is -6.92. The van der Waals surface area contributed by atoms with E-state index in [0.29, 0.717) is 0 Å². The average Bonchev–Trinajstić information content (AvgIpc) is 3.16. The molecule has 0 aliphatic carbocycles. The summed E-state index contributed by atoms with van der Waals surface area (Å²) in [6.45, 7) is 10.7. The third-order valence-corrected chi connectivity index (χ3v) is 6.14. The van der Waals surface area contributed by atoms with Gasteiger partial charge in [0.25, 0.3) is 0 Å². The fraction of sp³-hybridized carbons (Fsp3) is 0.810. The number of halogens is 5. The van der Waals surface area contributed by atoms with Gasteiger partial charge in [-0.3, -0.25) is 19.7 Å². The first kappa shape index (κ1) is 31.1. The lowest BCUT2D eigenvalue weighted by atomic mass is 9.95. The van der Waals surface area contributed by atoms with Gasteiger partial charge in [-0.2, -0.15) is 22.0 Å². The van der Waals surface area contributed by atoms with E-state index in [-0.39, 0.29) is 11.7 Å². The standard InChI is InChI=1S/C21H32F5N3O5S/c1-9(2)12(29-18(33)34-19(5,6)7)14(30)17-27-11(8-35-17)16(32)28-13(10(3)4)15(31)20(22,23)21(24,25)26/h9-13,17,27H,8H2,1-7H3,(H,28,32)(H,29,33)/t11?,12-,13?,17?/m1/s1. The number of carbonyl (C=O) groups excluding carboxylic acids is 4. The van der Waals surface area contributed by atoms with E-state index in [1.807, 2.05) is 5.32 Å². The Morgan fingerprint density at radius 2 is 1.43 bits per heavy atom. The molecule has 8 nitrogen and oxygen atoms in total. The van der Waals surface area contributed by atoms with E-state index in [0.717, 1.165) is 11.8 Å². The lowest BCUT2D eigenvalue weighted by Gasteiger charge is -2.28. The van der Waals surface area contributed by atoms with Gasteiger partial charge in [0.1, 0.15) is 11.0 Å². The maximum atomic E-state index is 13.6. The minimum absolute atomic E-state index is 0.0197. The number of ketones is 2. The average molecular weight is 534 g/mol. The molecule has 3 N–H and O–H groups in total. The molecule has 1 saturated heterocycles. The summed E-state index contributed by atoms with van der Waals surface area (Å²) < 4.78 is 70.2. The minimum atomic E-state index is -6.10. The molecule has 0 aromatic carbocycles. The van der Waals surface area contributed by atoms with E-state index in [4.69, 9.17) is 4.74 Å². The number of amides is 2. The number of carbonyl (C=O) groups is 4. The molecule has 1 rings (SSSR count). The Bertz CT molecular complexity index is 814. The Balaban J connectivity index is 2.89. The van der Waals surface area contributed by atoms with Crippen molar-refractivity contribution in [3.63, 3.8) is 0 Å². The van der Waals surface area contributed by atoms with E-state index >= 15 is 0 Å². The lowest BCUT2D eigenvalue weighted by molar-refractivity contribution is -0.269. The molecule has 1 fully saturated rings. The molecule has 202 valence electrons. The fourth-order valence-corrected chi connectivity index (χ4v) is 4.28. The van der Waals surface area contributed by atoms with Crippen LogP contribution in [0, 0.1) is 11.8 Å². The van der Waals surface area contributed by atoms with Crippen molar-refractivity contribution in [3.8, 4) is 0 Å². The molecule has 14 heteroatoms. The van der Waals surface area contributed by atoms with Gasteiger partial charge in [0, 0.05) is 5.75 Å². The number of alkyl carbamates (subject to hydrolysis) is 1. The van der Waals surface area contributed by atoms with Crippen LogP contribution in [0.15, 0.2) is 0 Å². The van der Waals surface area contributed by atoms with E-state index in [9.17, 15) is 41.1 Å². The van der Waals surface area contributed by atoms with E-state index < -0.39 is 70.7 Å². The Morgan fingerprint density at radius 3 is 1.86 bits per heavy atom. The van der Waals surface area contributed by atoms with Crippen LogP contribution in [0.25, 0.3) is 0 Å². The molecule has 0 radical (unpaired) electrons. The first-order valence-electron chi connectivity index (χ1n) is 10.9. The summed E-state index contributed by atoms with van der Waals surface area (Å²) in [5, 5.41) is 6.16. The summed E-state index contributed by atoms with van der Waals surface area (Å²) in [5.74, 6) is -11.0. The van der Waals surface area contributed by atoms with Gasteiger partial charge in [-0.15, -0.1) is 11.8 Å². The first-order chi connectivity index (χ1) is 15.7. The van der Waals surface area contributed by atoms with Crippen LogP contribution >= 0.6 is 11.8 Å². The monoisotopic (exact) mass is 533 g/mol. The van der Waals surface area contributed by atoms with Crippen LogP contribution in [0.1, 0.15) is 48.5 Å². The largest absolute Gasteiger partial charge is 0.461 e. The van der Waals surface area contributed by atoms with Crippen LogP contribution in [-0.2, 0) is 19.1 Å². The number of Topliss-reactive ketones (excluding diaryl/α,β-unsaturated/α-hetero) is 2. The zero-order valence-electron chi connectivity index (χ0n) is 20.5. The molecule has 0 aromatic heterocycles. The Morgan fingerprint density at radius 1 is 0.914 bits per heavy atom. The van der Waals surface area contributed by atoms with Crippen LogP contribution in [0.5, 0.6) is 0 Å². The zero-order chi connectivity index (χ0) is 27.5. The molecular weight excluding hydrogens is 501 g/mol. The fourth-order valence-electron chi connectivity index (χ4n) is 3.07. The smallest absolute Gasteiger partial charge is 0.444 e. The maximum absolute atomic E-state index is 13.6. The van der Waals surface area contributed by atoms with Gasteiger partial charge < -0.3 is 15.4 Å². The number of rotatable bonds is 9. The molecule has 0 bridgehead atoms. The number of hydrogen-bond acceptors (Lipinski definition) is 7. The second kappa shape index (κ2) is 11.4. The molecule has 1 aliphatic heterocycles. The van der Waals surface area contributed by atoms with Gasteiger partial charge in [-0.05, 0) is 32.6 Å². The minimum Gasteiger partial charge on any atom is -0.444 e. The van der Waals surface area contributed by atoms with Crippen molar-refractivity contribution in [3.05, 3.63) is 0 Å². The normalized spacial score (nSPS) is 21.0. The third kappa shape index (κ3) is 8.29. The number of nitrogens with one attached hydrogen (secondary N) is 3. The molecule has 0 aromatic rings. The zero-order valence-corrected chi connectivity index (χ0v) is 21.3. The number of ether oxygens (including phenoxy) is 1. The third-order valence-electron chi connectivity index (χ3n) is 4.91. The Labute approximate surface area is 204 Å². The van der Waals surface area contributed by atoms with E-state index in [2.05, 4.69) is 10.6 Å². The van der Waals surface area contributed by atoms with Crippen LogP contribution in [-0.4, -0.2) is 70.5 Å². The van der Waals surface area contributed by atoms with Crippen molar-refractivity contribution in [2.24, 2.45) is 11.8 Å². The lowest BCUT2D eigenvalue weighted by Crippen LogP contribution is -2.59. The van der Waals surface area contributed by atoms with Crippen molar-refractivity contribution >= 4 is 35.3 Å². The van der Waals surface area contributed by atoms with Crippen molar-refractivity contribution in [1.82, 2.24) is 16.0 Å². The molecule has 35 heavy (non-hydrogen) atoms. The summed E-state index contributed by atoms with van der Waals surface area (Å²) in [4.78, 5) is 49.6. The number of hydrogen-bond donors (Lipinski definition) is 3. The van der Waals surface area contributed by atoms with Crippen LogP contribution in [0.3, 0.4) is 0 Å². The maximum Gasteiger partial charge on any atom is 0.461 e. The molecule has 3 unspecified atom stereocenters. The van der Waals surface area contributed by atoms with Crippen molar-refractivity contribution < 1.29 is 45.9 Å². The summed E-state index contributed by atoms with van der Waals surface area (Å²) in [7, 11) is 0. The predicted molar refractivity (Wildman–Crippen MR) is 119 cm³/mol. The van der Waals surface area contributed by atoms with Gasteiger partial charge in [-0.25, -0.2) is 4.79 Å². The number of alkyl halides is 5. The second-order valence-corrected chi connectivity index (χ2v) is 11.0. The highest BCUT2D eigenvalue weighted by molar-refractivity contribution is 8.00. The highest BCUT2D eigenvalue weighted by Gasteiger charge is 2.64. The molecule has 2 amide bonds. The van der Waals surface area contributed by atoms with Crippen LogP contribution in [0.4, 0.5) is 26.7 Å². The molecule has 1 heterocycles. The van der Waals surface area contributed by atoms with Crippen molar-refractivity contribution in [2.75, 3.05) is 5.75 Å². The predicted octanol–water partition coefficient (Wildman–Crippen LogP) is 3.04. The Kier molecular flexibility index (Phi) is 10.1.